The van der Waals surface area contributed by atoms with E-state index in [-0.39, 0.29) is 5.91 Å². The maximum absolute atomic E-state index is 12.5. The summed E-state index contributed by atoms with van der Waals surface area (Å²) >= 11 is 3.62. The van der Waals surface area contributed by atoms with Gasteiger partial charge in [-0.1, -0.05) is 46.3 Å². The predicted molar refractivity (Wildman–Crippen MR) is 136 cm³/mol. The van der Waals surface area contributed by atoms with E-state index in [1.54, 1.807) is 7.05 Å². The van der Waals surface area contributed by atoms with Crippen LogP contribution in [-0.4, -0.2) is 23.9 Å². The highest BCUT2D eigenvalue weighted by atomic mass is 79.9. The molecule has 1 atom stereocenters. The van der Waals surface area contributed by atoms with Gasteiger partial charge in [0.2, 0.25) is 12.3 Å². The van der Waals surface area contributed by atoms with E-state index >= 15 is 0 Å². The molecule has 1 aliphatic carbocycles. The van der Waals surface area contributed by atoms with Gasteiger partial charge in [-0.25, -0.2) is 0 Å². The van der Waals surface area contributed by atoms with E-state index in [9.17, 15) is 9.59 Å². The molecule has 0 saturated carbocycles. The number of aromatic nitrogens is 1. The van der Waals surface area contributed by atoms with E-state index in [4.69, 9.17) is 0 Å². The SMILES string of the molecule is CNC(=O)C1CC(c2ccc3c(c2)c2cc(Br)ccc2n3-c2ccccc2)=CC=C1NC=O. The molecule has 3 aromatic carbocycles. The van der Waals surface area contributed by atoms with E-state index < -0.39 is 5.92 Å². The highest BCUT2D eigenvalue weighted by molar-refractivity contribution is 9.10. The van der Waals surface area contributed by atoms with Gasteiger partial charge in [-0.15, -0.1) is 0 Å². The first-order valence-corrected chi connectivity index (χ1v) is 11.5. The molecule has 1 aromatic heterocycles. The molecule has 0 radical (unpaired) electrons. The predicted octanol–water partition coefficient (Wildman–Crippen LogP) is 5.33. The molecule has 1 heterocycles. The van der Waals surface area contributed by atoms with Crippen molar-refractivity contribution in [3.05, 3.63) is 94.6 Å². The molecule has 5 rings (SSSR count). The van der Waals surface area contributed by atoms with E-state index in [0.29, 0.717) is 18.5 Å². The summed E-state index contributed by atoms with van der Waals surface area (Å²) in [5, 5.41) is 7.68. The van der Waals surface area contributed by atoms with Crippen molar-refractivity contribution in [1.29, 1.82) is 0 Å². The number of fused-ring (bicyclic) bond motifs is 3. The molecule has 0 saturated heterocycles. The molecule has 0 spiro atoms. The van der Waals surface area contributed by atoms with Crippen LogP contribution in [0.4, 0.5) is 0 Å². The number of amides is 2. The zero-order chi connectivity index (χ0) is 22.9. The van der Waals surface area contributed by atoms with Crippen LogP contribution >= 0.6 is 15.9 Å². The maximum Gasteiger partial charge on any atom is 0.229 e. The number of carbonyl (C=O) groups excluding carboxylic acids is 2. The second-order valence-electron chi connectivity index (χ2n) is 8.01. The van der Waals surface area contributed by atoms with Gasteiger partial charge in [0, 0.05) is 33.7 Å². The topological polar surface area (TPSA) is 63.1 Å². The van der Waals surface area contributed by atoms with Gasteiger partial charge in [0.25, 0.3) is 0 Å². The average molecular weight is 500 g/mol. The number of hydrogen-bond donors (Lipinski definition) is 2. The number of nitrogens with zero attached hydrogens (tertiary/aromatic N) is 1. The van der Waals surface area contributed by atoms with Gasteiger partial charge < -0.3 is 15.2 Å². The third-order valence-electron chi connectivity index (χ3n) is 6.16. The van der Waals surface area contributed by atoms with E-state index in [1.165, 1.54) is 0 Å². The number of rotatable bonds is 5. The number of nitrogens with one attached hydrogen (secondary N) is 2. The van der Waals surface area contributed by atoms with Crippen LogP contribution in [-0.2, 0) is 9.59 Å². The third kappa shape index (κ3) is 3.76. The van der Waals surface area contributed by atoms with Crippen molar-refractivity contribution in [2.45, 2.75) is 6.42 Å². The molecule has 164 valence electrons. The lowest BCUT2D eigenvalue weighted by molar-refractivity contribution is -0.123. The summed E-state index contributed by atoms with van der Waals surface area (Å²) in [5.41, 5.74) is 6.09. The third-order valence-corrected chi connectivity index (χ3v) is 6.66. The molecular weight excluding hydrogens is 478 g/mol. The minimum atomic E-state index is -0.435. The van der Waals surface area contributed by atoms with Crippen LogP contribution in [0, 0.1) is 5.92 Å². The smallest absolute Gasteiger partial charge is 0.229 e. The Morgan fingerprint density at radius 1 is 1.00 bits per heavy atom. The van der Waals surface area contributed by atoms with Crippen molar-refractivity contribution in [2.24, 2.45) is 5.92 Å². The van der Waals surface area contributed by atoms with Gasteiger partial charge >= 0.3 is 0 Å². The lowest BCUT2D eigenvalue weighted by atomic mass is 9.86. The number of benzene rings is 3. The number of allylic oxidation sites excluding steroid dienone is 3. The molecule has 0 bridgehead atoms. The van der Waals surface area contributed by atoms with Crippen LogP contribution in [0.25, 0.3) is 33.1 Å². The van der Waals surface area contributed by atoms with Crippen molar-refractivity contribution >= 4 is 55.6 Å². The van der Waals surface area contributed by atoms with Crippen molar-refractivity contribution < 1.29 is 9.59 Å². The van der Waals surface area contributed by atoms with Crippen LogP contribution in [0.15, 0.2) is 89.1 Å². The van der Waals surface area contributed by atoms with Gasteiger partial charge in [-0.2, -0.15) is 0 Å². The van der Waals surface area contributed by atoms with Crippen LogP contribution in [0.5, 0.6) is 0 Å². The number of para-hydroxylation sites is 1. The standard InChI is InChI=1S/C27H22BrN3O2/c1-29-27(33)23-14-17(7-10-24(23)30-16-32)18-8-11-25-21(13-18)22-15-19(28)9-12-26(22)31(25)20-5-3-2-4-6-20/h2-13,15-16,23H,14H2,1H3,(H,29,33)(H,30,32). The van der Waals surface area contributed by atoms with Gasteiger partial charge in [-0.3, -0.25) is 9.59 Å². The molecule has 2 N–H and O–H groups in total. The summed E-state index contributed by atoms with van der Waals surface area (Å²) in [6, 6.07) is 23.1. The monoisotopic (exact) mass is 499 g/mol. The Bertz CT molecular complexity index is 1450. The van der Waals surface area contributed by atoms with Crippen LogP contribution in [0.1, 0.15) is 12.0 Å². The minimum absolute atomic E-state index is 0.119. The Morgan fingerprint density at radius 3 is 2.45 bits per heavy atom. The normalized spacial score (nSPS) is 15.8. The van der Waals surface area contributed by atoms with Gasteiger partial charge in [0.05, 0.1) is 17.0 Å². The van der Waals surface area contributed by atoms with Crippen LogP contribution in [0.3, 0.4) is 0 Å². The van der Waals surface area contributed by atoms with E-state index in [1.807, 2.05) is 30.4 Å². The fourth-order valence-corrected chi connectivity index (χ4v) is 4.95. The zero-order valence-corrected chi connectivity index (χ0v) is 19.6. The molecule has 1 unspecified atom stereocenters. The Balaban J connectivity index is 1.68. The fourth-order valence-electron chi connectivity index (χ4n) is 4.59. The number of hydrogen-bond acceptors (Lipinski definition) is 2. The van der Waals surface area contributed by atoms with Gasteiger partial charge in [0.1, 0.15) is 0 Å². The summed E-state index contributed by atoms with van der Waals surface area (Å²) in [4.78, 5) is 23.5. The molecule has 6 heteroatoms. The molecule has 4 aromatic rings. The van der Waals surface area contributed by atoms with Crippen molar-refractivity contribution in [3.63, 3.8) is 0 Å². The molecule has 1 aliphatic rings. The van der Waals surface area contributed by atoms with Crippen LogP contribution in [0.2, 0.25) is 0 Å². The zero-order valence-electron chi connectivity index (χ0n) is 18.0. The quantitative estimate of drug-likeness (QED) is 0.364. The van der Waals surface area contributed by atoms with E-state index in [2.05, 4.69) is 79.7 Å². The molecular formula is C27H22BrN3O2. The van der Waals surface area contributed by atoms with Crippen molar-refractivity contribution in [3.8, 4) is 5.69 Å². The minimum Gasteiger partial charge on any atom is -0.359 e. The summed E-state index contributed by atoms with van der Waals surface area (Å²) in [7, 11) is 1.61. The second kappa shape index (κ2) is 8.71. The lowest BCUT2D eigenvalue weighted by Gasteiger charge is -2.23. The summed E-state index contributed by atoms with van der Waals surface area (Å²) in [6.07, 6.45) is 4.93. The van der Waals surface area contributed by atoms with Gasteiger partial charge in [0.15, 0.2) is 0 Å². The van der Waals surface area contributed by atoms with E-state index in [0.717, 1.165) is 43.1 Å². The molecule has 33 heavy (non-hydrogen) atoms. The molecule has 0 fully saturated rings. The number of carbonyl (C=O) groups is 2. The van der Waals surface area contributed by atoms with Gasteiger partial charge in [-0.05, 0) is 66.1 Å². The first-order valence-electron chi connectivity index (χ1n) is 10.7. The highest BCUT2D eigenvalue weighted by Crippen LogP contribution is 2.37. The Kier molecular flexibility index (Phi) is 5.60. The Morgan fingerprint density at radius 2 is 1.73 bits per heavy atom. The van der Waals surface area contributed by atoms with Crippen molar-refractivity contribution in [1.82, 2.24) is 15.2 Å². The summed E-state index contributed by atoms with van der Waals surface area (Å²) in [5.74, 6) is -0.553. The first-order chi connectivity index (χ1) is 16.1. The van der Waals surface area contributed by atoms with Crippen LogP contribution < -0.4 is 10.6 Å². The maximum atomic E-state index is 12.5. The second-order valence-corrected chi connectivity index (χ2v) is 8.93. The highest BCUT2D eigenvalue weighted by Gasteiger charge is 2.26. The first kappa shape index (κ1) is 21.2. The van der Waals surface area contributed by atoms with Crippen molar-refractivity contribution in [2.75, 3.05) is 7.05 Å². The molecule has 2 amide bonds. The summed E-state index contributed by atoms with van der Waals surface area (Å²) in [6.45, 7) is 0. The summed E-state index contributed by atoms with van der Waals surface area (Å²) < 4.78 is 3.30. The lowest BCUT2D eigenvalue weighted by Crippen LogP contribution is -2.34. The Hall–Kier alpha value is -3.64. The largest absolute Gasteiger partial charge is 0.359 e. The molecule has 0 aliphatic heterocycles. The fraction of sp³-hybridized carbons (Fsp3) is 0.111. The molecule has 5 nitrogen and oxygen atoms in total. The average Bonchev–Trinajstić information content (AvgIpc) is 3.17. The Labute approximate surface area is 199 Å². The number of halogens is 1.